The standard InChI is InChI=1S/C13H20Cl2N4O/c14-12-17-11(19(20-16)13(15)18-12)10-8-6-4-2-1-3-5-7-9-10/h1-9,16H2. The van der Waals surface area contributed by atoms with E-state index in [1.54, 1.807) is 0 Å². The highest BCUT2D eigenvalue weighted by atomic mass is 35.5. The number of hydroxylamine groups is 2. The van der Waals surface area contributed by atoms with Crippen LogP contribution in [0.25, 0.3) is 0 Å². The SMILES string of the molecule is NON1C(Cl)=NC(Cl)=NC1=C1CCCCCCCCC1. The van der Waals surface area contributed by atoms with Crippen molar-refractivity contribution < 1.29 is 4.94 Å². The van der Waals surface area contributed by atoms with Gasteiger partial charge in [-0.05, 0) is 54.5 Å². The van der Waals surface area contributed by atoms with Crippen molar-refractivity contribution in [2.24, 2.45) is 15.9 Å². The Hall–Kier alpha value is -0.620. The van der Waals surface area contributed by atoms with Gasteiger partial charge in [0.2, 0.25) is 10.6 Å². The van der Waals surface area contributed by atoms with Crippen LogP contribution in [0.3, 0.4) is 0 Å². The number of amidine groups is 2. The first-order valence-electron chi connectivity index (χ1n) is 7.09. The van der Waals surface area contributed by atoms with Gasteiger partial charge in [-0.3, -0.25) is 0 Å². The monoisotopic (exact) mass is 318 g/mol. The molecule has 0 atom stereocenters. The minimum absolute atomic E-state index is 0.0899. The van der Waals surface area contributed by atoms with Gasteiger partial charge in [-0.1, -0.05) is 32.1 Å². The second-order valence-corrected chi connectivity index (χ2v) is 5.74. The van der Waals surface area contributed by atoms with E-state index in [2.05, 4.69) is 9.98 Å². The van der Waals surface area contributed by atoms with Gasteiger partial charge in [-0.25, -0.2) is 0 Å². The molecule has 1 fully saturated rings. The van der Waals surface area contributed by atoms with Crippen LogP contribution in [0.15, 0.2) is 21.4 Å². The van der Waals surface area contributed by atoms with Gasteiger partial charge in [0.15, 0.2) is 5.82 Å². The Kier molecular flexibility index (Phi) is 6.29. The minimum atomic E-state index is 0.0899. The molecule has 2 rings (SSSR count). The Labute approximate surface area is 129 Å². The van der Waals surface area contributed by atoms with Gasteiger partial charge < -0.3 is 0 Å². The molecule has 0 spiro atoms. The van der Waals surface area contributed by atoms with Crippen LogP contribution in [-0.2, 0) is 4.94 Å². The van der Waals surface area contributed by atoms with Gasteiger partial charge in [-0.2, -0.15) is 25.9 Å². The fourth-order valence-electron chi connectivity index (χ4n) is 2.59. The molecule has 5 nitrogen and oxygen atoms in total. The average molecular weight is 319 g/mol. The third kappa shape index (κ3) is 4.19. The zero-order chi connectivity index (χ0) is 14.4. The molecule has 0 saturated heterocycles. The van der Waals surface area contributed by atoms with Gasteiger partial charge in [-0.15, -0.1) is 0 Å². The topological polar surface area (TPSA) is 63.2 Å². The van der Waals surface area contributed by atoms with E-state index in [0.717, 1.165) is 25.7 Å². The van der Waals surface area contributed by atoms with Crippen molar-refractivity contribution in [2.45, 2.75) is 57.8 Å². The van der Waals surface area contributed by atoms with Gasteiger partial charge in [0, 0.05) is 0 Å². The van der Waals surface area contributed by atoms with Gasteiger partial charge in [0.05, 0.1) is 0 Å². The fraction of sp³-hybridized carbons (Fsp3) is 0.692. The molecule has 0 unspecified atom stereocenters. The summed E-state index contributed by atoms with van der Waals surface area (Å²) in [4.78, 5) is 12.9. The molecule has 0 radical (unpaired) electrons. The maximum absolute atomic E-state index is 5.99. The van der Waals surface area contributed by atoms with Crippen LogP contribution in [-0.4, -0.2) is 15.7 Å². The van der Waals surface area contributed by atoms with Crippen molar-refractivity contribution in [1.82, 2.24) is 5.06 Å². The number of hydrogen-bond donors (Lipinski definition) is 1. The lowest BCUT2D eigenvalue weighted by molar-refractivity contribution is -0.0753. The first-order valence-corrected chi connectivity index (χ1v) is 7.85. The molecule has 0 bridgehead atoms. The highest BCUT2D eigenvalue weighted by molar-refractivity contribution is 6.71. The molecule has 1 saturated carbocycles. The van der Waals surface area contributed by atoms with Gasteiger partial charge in [0.25, 0.3) is 0 Å². The third-order valence-electron chi connectivity index (χ3n) is 3.62. The number of hydrogen-bond acceptors (Lipinski definition) is 5. The molecule has 112 valence electrons. The molecule has 2 aliphatic rings. The number of nitrogens with two attached hydrogens (primary N) is 1. The summed E-state index contributed by atoms with van der Waals surface area (Å²) in [6.45, 7) is 0. The van der Waals surface area contributed by atoms with E-state index in [-0.39, 0.29) is 10.6 Å². The van der Waals surface area contributed by atoms with Crippen LogP contribution in [0.2, 0.25) is 0 Å². The lowest BCUT2D eigenvalue weighted by Crippen LogP contribution is -2.33. The number of nitrogens with zero attached hydrogens (tertiary/aromatic N) is 3. The highest BCUT2D eigenvalue weighted by Gasteiger charge is 2.24. The largest absolute Gasteiger partial charge is 0.233 e. The summed E-state index contributed by atoms with van der Waals surface area (Å²) >= 11 is 11.9. The molecule has 2 N–H and O–H groups in total. The summed E-state index contributed by atoms with van der Waals surface area (Å²) in [5, 5.41) is 1.45. The predicted molar refractivity (Wildman–Crippen MR) is 82.3 cm³/mol. The smallest absolute Gasteiger partial charge is 0.198 e. The number of rotatable bonds is 1. The molecule has 1 heterocycles. The Morgan fingerprint density at radius 2 is 1.45 bits per heavy atom. The average Bonchev–Trinajstić information content (AvgIpc) is 2.44. The van der Waals surface area contributed by atoms with Crippen molar-refractivity contribution in [2.75, 3.05) is 0 Å². The summed E-state index contributed by atoms with van der Waals surface area (Å²) in [6.07, 6.45) is 10.6. The molecular weight excluding hydrogens is 299 g/mol. The predicted octanol–water partition coefficient (Wildman–Crippen LogP) is 4.03. The molecule has 0 aromatic carbocycles. The van der Waals surface area contributed by atoms with Crippen molar-refractivity contribution in [3.63, 3.8) is 0 Å². The lowest BCUT2D eigenvalue weighted by Gasteiger charge is -2.24. The Morgan fingerprint density at radius 3 is 2.00 bits per heavy atom. The van der Waals surface area contributed by atoms with E-state index >= 15 is 0 Å². The van der Waals surface area contributed by atoms with Crippen LogP contribution < -0.4 is 5.90 Å². The number of aliphatic imine (C=N–C) groups is 2. The van der Waals surface area contributed by atoms with Crippen LogP contribution in [0, 0.1) is 0 Å². The highest BCUT2D eigenvalue weighted by Crippen LogP contribution is 2.28. The van der Waals surface area contributed by atoms with Crippen molar-refractivity contribution >= 4 is 33.8 Å². The second-order valence-electron chi connectivity index (χ2n) is 5.06. The minimum Gasteiger partial charge on any atom is -0.198 e. The molecule has 20 heavy (non-hydrogen) atoms. The first-order chi connectivity index (χ1) is 9.72. The normalized spacial score (nSPS) is 22.4. The Balaban J connectivity index is 2.23. The van der Waals surface area contributed by atoms with E-state index in [1.807, 2.05) is 0 Å². The molecule has 1 aliphatic heterocycles. The van der Waals surface area contributed by atoms with E-state index in [0.29, 0.717) is 5.82 Å². The lowest BCUT2D eigenvalue weighted by atomic mass is 9.97. The summed E-state index contributed by atoms with van der Waals surface area (Å²) in [5.41, 5.74) is 1.18. The molecule has 0 amide bonds. The maximum atomic E-state index is 5.99. The van der Waals surface area contributed by atoms with E-state index in [4.69, 9.17) is 34.0 Å². The second kappa shape index (κ2) is 7.98. The van der Waals surface area contributed by atoms with E-state index < -0.39 is 0 Å². The van der Waals surface area contributed by atoms with E-state index in [1.165, 1.54) is 42.7 Å². The molecule has 0 aromatic heterocycles. The van der Waals surface area contributed by atoms with Crippen molar-refractivity contribution in [1.29, 1.82) is 0 Å². The fourth-order valence-corrected chi connectivity index (χ4v) is 3.00. The zero-order valence-corrected chi connectivity index (χ0v) is 13.0. The van der Waals surface area contributed by atoms with Crippen LogP contribution in [0.1, 0.15) is 57.8 Å². The molecule has 7 heteroatoms. The maximum Gasteiger partial charge on any atom is 0.233 e. The van der Waals surface area contributed by atoms with Crippen molar-refractivity contribution in [3.05, 3.63) is 11.4 Å². The Morgan fingerprint density at radius 1 is 0.900 bits per heavy atom. The number of allylic oxidation sites excluding steroid dienone is 1. The summed E-state index contributed by atoms with van der Waals surface area (Å²) in [7, 11) is 0. The molecular formula is C13H20Cl2N4O. The third-order valence-corrected chi connectivity index (χ3v) is 4.03. The Bertz CT molecular complexity index is 422. The van der Waals surface area contributed by atoms with Crippen molar-refractivity contribution in [3.8, 4) is 0 Å². The van der Waals surface area contributed by atoms with Crippen LogP contribution in [0.4, 0.5) is 0 Å². The summed E-state index contributed by atoms with van der Waals surface area (Å²) in [6, 6.07) is 0. The first kappa shape index (κ1) is 15.8. The molecule has 0 aromatic rings. The summed E-state index contributed by atoms with van der Waals surface area (Å²) in [5.74, 6) is 5.87. The zero-order valence-electron chi connectivity index (χ0n) is 11.4. The van der Waals surface area contributed by atoms with Crippen LogP contribution in [0.5, 0.6) is 0 Å². The summed E-state index contributed by atoms with van der Waals surface area (Å²) < 4.78 is 0. The van der Waals surface area contributed by atoms with Crippen LogP contribution >= 0.6 is 23.2 Å². The molecule has 1 aliphatic carbocycles. The van der Waals surface area contributed by atoms with Gasteiger partial charge >= 0.3 is 0 Å². The quantitative estimate of drug-likeness (QED) is 0.586. The van der Waals surface area contributed by atoms with Gasteiger partial charge in [0.1, 0.15) is 0 Å². The number of halogens is 2. The van der Waals surface area contributed by atoms with E-state index in [9.17, 15) is 0 Å².